The van der Waals surface area contributed by atoms with Crippen LogP contribution in [0.4, 0.5) is 0 Å². The number of aryl methyl sites for hydroxylation is 2. The predicted molar refractivity (Wildman–Crippen MR) is 89.6 cm³/mol. The van der Waals surface area contributed by atoms with Crippen LogP contribution in [0.15, 0.2) is 36.4 Å². The molecule has 2 aromatic carbocycles. The Morgan fingerprint density at radius 1 is 0.955 bits per heavy atom. The normalized spacial score (nSPS) is 21.2. The number of hydrogen-bond donors (Lipinski definition) is 1. The van der Waals surface area contributed by atoms with E-state index in [1.54, 1.807) is 0 Å². The second-order valence-corrected chi connectivity index (χ2v) is 6.83. The standard InChI is InChI=1S/C20H23NO/c1-21-10-9-15-7-8-18(22)12-19(15)20(13-21)17-6-5-14-3-2-4-16(14)11-17/h5-8,11-12,20,22H,2-4,9-10,13H2,1H3. The van der Waals surface area contributed by atoms with Crippen molar-refractivity contribution < 1.29 is 5.11 Å². The van der Waals surface area contributed by atoms with Gasteiger partial charge in [-0.2, -0.15) is 0 Å². The van der Waals surface area contributed by atoms with Gasteiger partial charge in [0.2, 0.25) is 0 Å². The smallest absolute Gasteiger partial charge is 0.115 e. The lowest BCUT2D eigenvalue weighted by Gasteiger charge is -2.23. The van der Waals surface area contributed by atoms with E-state index in [-0.39, 0.29) is 0 Å². The van der Waals surface area contributed by atoms with Crippen LogP contribution < -0.4 is 0 Å². The van der Waals surface area contributed by atoms with Crippen LogP contribution in [0.2, 0.25) is 0 Å². The molecule has 0 aromatic heterocycles. The predicted octanol–water partition coefficient (Wildman–Crippen LogP) is 3.50. The second kappa shape index (κ2) is 5.44. The van der Waals surface area contributed by atoms with Gasteiger partial charge >= 0.3 is 0 Å². The molecule has 2 aliphatic rings. The molecule has 0 amide bonds. The maximum Gasteiger partial charge on any atom is 0.115 e. The Morgan fingerprint density at radius 2 is 1.77 bits per heavy atom. The molecule has 2 heteroatoms. The van der Waals surface area contributed by atoms with Crippen molar-refractivity contribution in [3.63, 3.8) is 0 Å². The highest BCUT2D eigenvalue weighted by Gasteiger charge is 2.24. The zero-order chi connectivity index (χ0) is 15.1. The topological polar surface area (TPSA) is 23.5 Å². The number of phenolic OH excluding ortho intramolecular Hbond substituents is 1. The molecule has 0 radical (unpaired) electrons. The molecule has 1 unspecified atom stereocenters. The van der Waals surface area contributed by atoms with E-state index >= 15 is 0 Å². The molecule has 1 heterocycles. The molecule has 4 rings (SSSR count). The number of likely N-dealkylation sites (N-methyl/N-ethyl adjacent to an activating group) is 1. The molecule has 0 fully saturated rings. The van der Waals surface area contributed by atoms with Crippen molar-refractivity contribution in [3.8, 4) is 5.75 Å². The summed E-state index contributed by atoms with van der Waals surface area (Å²) in [6.07, 6.45) is 4.81. The number of fused-ring (bicyclic) bond motifs is 2. The summed E-state index contributed by atoms with van der Waals surface area (Å²) in [6.45, 7) is 2.11. The van der Waals surface area contributed by atoms with Crippen LogP contribution >= 0.6 is 0 Å². The Bertz CT molecular complexity index is 707. The van der Waals surface area contributed by atoms with Crippen LogP contribution in [-0.2, 0) is 19.3 Å². The number of aromatic hydroxyl groups is 1. The van der Waals surface area contributed by atoms with E-state index in [0.717, 1.165) is 19.5 Å². The number of hydrogen-bond acceptors (Lipinski definition) is 2. The largest absolute Gasteiger partial charge is 0.508 e. The highest BCUT2D eigenvalue weighted by atomic mass is 16.3. The van der Waals surface area contributed by atoms with Gasteiger partial charge in [0.1, 0.15) is 5.75 Å². The molecule has 0 saturated carbocycles. The number of rotatable bonds is 1. The molecule has 0 saturated heterocycles. The molecule has 1 aliphatic carbocycles. The lowest BCUT2D eigenvalue weighted by atomic mass is 9.86. The number of benzene rings is 2. The van der Waals surface area contributed by atoms with Crippen molar-refractivity contribution >= 4 is 0 Å². The Balaban J connectivity index is 1.80. The zero-order valence-electron chi connectivity index (χ0n) is 13.2. The van der Waals surface area contributed by atoms with E-state index in [0.29, 0.717) is 11.7 Å². The fraction of sp³-hybridized carbons (Fsp3) is 0.400. The summed E-state index contributed by atoms with van der Waals surface area (Å²) < 4.78 is 0. The molecular formula is C20H23NO. The third kappa shape index (κ3) is 2.42. The van der Waals surface area contributed by atoms with Crippen LogP contribution in [0.3, 0.4) is 0 Å². The molecule has 114 valence electrons. The first kappa shape index (κ1) is 13.8. The van der Waals surface area contributed by atoms with Crippen LogP contribution in [0.25, 0.3) is 0 Å². The summed E-state index contributed by atoms with van der Waals surface area (Å²) in [6, 6.07) is 13.0. The van der Waals surface area contributed by atoms with Gasteiger partial charge in [0.15, 0.2) is 0 Å². The summed E-state index contributed by atoms with van der Waals surface area (Å²) >= 11 is 0. The average Bonchev–Trinajstić information content (AvgIpc) is 2.92. The molecule has 1 N–H and O–H groups in total. The lowest BCUT2D eigenvalue weighted by molar-refractivity contribution is 0.338. The Labute approximate surface area is 132 Å². The van der Waals surface area contributed by atoms with Gasteiger partial charge in [-0.3, -0.25) is 0 Å². The SMILES string of the molecule is CN1CCc2ccc(O)cc2C(c2ccc3c(c2)CCC3)C1. The molecule has 2 aromatic rings. The van der Waals surface area contributed by atoms with Crippen LogP contribution in [0.1, 0.15) is 40.2 Å². The average molecular weight is 293 g/mol. The van der Waals surface area contributed by atoms with E-state index in [4.69, 9.17) is 0 Å². The first-order chi connectivity index (χ1) is 10.7. The summed E-state index contributed by atoms with van der Waals surface area (Å²) in [4.78, 5) is 2.41. The fourth-order valence-electron chi connectivity index (χ4n) is 4.04. The number of phenols is 1. The minimum Gasteiger partial charge on any atom is -0.508 e. The van der Waals surface area contributed by atoms with Crippen molar-refractivity contribution in [1.29, 1.82) is 0 Å². The molecule has 0 spiro atoms. The van der Waals surface area contributed by atoms with Crippen LogP contribution in [0.5, 0.6) is 5.75 Å². The molecule has 22 heavy (non-hydrogen) atoms. The molecular weight excluding hydrogens is 270 g/mol. The van der Waals surface area contributed by atoms with Crippen molar-refractivity contribution in [1.82, 2.24) is 4.90 Å². The third-order valence-electron chi connectivity index (χ3n) is 5.29. The van der Waals surface area contributed by atoms with Gasteiger partial charge in [0.25, 0.3) is 0 Å². The van der Waals surface area contributed by atoms with E-state index in [1.165, 1.54) is 47.1 Å². The van der Waals surface area contributed by atoms with Crippen molar-refractivity contribution in [2.45, 2.75) is 31.6 Å². The van der Waals surface area contributed by atoms with Gasteiger partial charge in [-0.25, -0.2) is 0 Å². The van der Waals surface area contributed by atoms with Gasteiger partial charge in [0.05, 0.1) is 0 Å². The van der Waals surface area contributed by atoms with E-state index < -0.39 is 0 Å². The lowest BCUT2D eigenvalue weighted by Crippen LogP contribution is -2.24. The van der Waals surface area contributed by atoms with E-state index in [9.17, 15) is 5.11 Å². The highest BCUT2D eigenvalue weighted by molar-refractivity contribution is 5.46. The van der Waals surface area contributed by atoms with Crippen LogP contribution in [-0.4, -0.2) is 30.1 Å². The second-order valence-electron chi connectivity index (χ2n) is 6.83. The summed E-state index contributed by atoms with van der Waals surface area (Å²) in [5, 5.41) is 9.95. The van der Waals surface area contributed by atoms with Crippen molar-refractivity contribution in [2.75, 3.05) is 20.1 Å². The summed E-state index contributed by atoms with van der Waals surface area (Å²) in [7, 11) is 2.20. The fourth-order valence-corrected chi connectivity index (χ4v) is 4.04. The highest BCUT2D eigenvalue weighted by Crippen LogP contribution is 2.35. The van der Waals surface area contributed by atoms with Gasteiger partial charge in [-0.05, 0) is 72.7 Å². The maximum absolute atomic E-state index is 9.95. The Morgan fingerprint density at radius 3 is 2.68 bits per heavy atom. The number of nitrogens with zero attached hydrogens (tertiary/aromatic N) is 1. The maximum atomic E-state index is 9.95. The van der Waals surface area contributed by atoms with Gasteiger partial charge in [-0.1, -0.05) is 24.3 Å². The molecule has 0 bridgehead atoms. The minimum atomic E-state index is 0.362. The first-order valence-electron chi connectivity index (χ1n) is 8.33. The molecule has 2 nitrogen and oxygen atoms in total. The summed E-state index contributed by atoms with van der Waals surface area (Å²) in [5.41, 5.74) is 7.16. The Hall–Kier alpha value is -1.80. The van der Waals surface area contributed by atoms with E-state index in [1.807, 2.05) is 12.1 Å². The van der Waals surface area contributed by atoms with Gasteiger partial charge in [0, 0.05) is 19.0 Å². The summed E-state index contributed by atoms with van der Waals surface area (Å²) in [5.74, 6) is 0.745. The quantitative estimate of drug-likeness (QED) is 0.870. The monoisotopic (exact) mass is 293 g/mol. The molecule has 1 atom stereocenters. The third-order valence-corrected chi connectivity index (χ3v) is 5.29. The minimum absolute atomic E-state index is 0.362. The Kier molecular flexibility index (Phi) is 3.42. The van der Waals surface area contributed by atoms with E-state index in [2.05, 4.69) is 36.2 Å². The van der Waals surface area contributed by atoms with Gasteiger partial charge in [-0.15, -0.1) is 0 Å². The first-order valence-corrected chi connectivity index (χ1v) is 8.33. The van der Waals surface area contributed by atoms with Crippen LogP contribution in [0, 0.1) is 0 Å². The van der Waals surface area contributed by atoms with Gasteiger partial charge < -0.3 is 10.0 Å². The van der Waals surface area contributed by atoms with Crippen molar-refractivity contribution in [3.05, 3.63) is 64.2 Å². The zero-order valence-corrected chi connectivity index (χ0v) is 13.2. The van der Waals surface area contributed by atoms with Crippen molar-refractivity contribution in [2.24, 2.45) is 0 Å². The molecule has 1 aliphatic heterocycles.